The Morgan fingerprint density at radius 3 is 2.44 bits per heavy atom. The number of nitrogens with zero attached hydrogens (tertiary/aromatic N) is 2. The van der Waals surface area contributed by atoms with Gasteiger partial charge >= 0.3 is 6.03 Å². The first-order valence-corrected chi connectivity index (χ1v) is 5.79. The molecule has 1 aromatic carbocycles. The summed E-state index contributed by atoms with van der Waals surface area (Å²) in [6.07, 6.45) is 1.66. The van der Waals surface area contributed by atoms with Gasteiger partial charge < -0.3 is 5.32 Å². The van der Waals surface area contributed by atoms with Crippen LogP contribution in [0.2, 0.25) is 0 Å². The number of nitriles is 1. The van der Waals surface area contributed by atoms with E-state index in [1.165, 1.54) is 4.90 Å². The number of amides is 3. The second-order valence-corrected chi connectivity index (χ2v) is 4.74. The van der Waals surface area contributed by atoms with Gasteiger partial charge in [0, 0.05) is 6.54 Å². The number of hydrogen-bond donors (Lipinski definition) is 1. The van der Waals surface area contributed by atoms with Gasteiger partial charge in [-0.1, -0.05) is 0 Å². The van der Waals surface area contributed by atoms with Crippen molar-refractivity contribution < 1.29 is 9.59 Å². The van der Waals surface area contributed by atoms with Gasteiger partial charge in [0.25, 0.3) is 0 Å². The molecule has 5 nitrogen and oxygen atoms in total. The molecule has 1 spiro atoms. The van der Waals surface area contributed by atoms with Crippen LogP contribution in [-0.2, 0) is 4.79 Å². The number of benzene rings is 1. The molecule has 1 N–H and O–H groups in total. The van der Waals surface area contributed by atoms with Crippen LogP contribution in [0.25, 0.3) is 0 Å². The fourth-order valence-corrected chi connectivity index (χ4v) is 2.19. The Labute approximate surface area is 104 Å². The molecule has 0 bridgehead atoms. The highest BCUT2D eigenvalue weighted by molar-refractivity contribution is 6.18. The smallest absolute Gasteiger partial charge is 0.328 e. The first-order valence-electron chi connectivity index (χ1n) is 5.79. The van der Waals surface area contributed by atoms with E-state index >= 15 is 0 Å². The molecule has 0 radical (unpaired) electrons. The van der Waals surface area contributed by atoms with Crippen molar-refractivity contribution in [3.63, 3.8) is 0 Å². The molecule has 0 unspecified atom stereocenters. The minimum atomic E-state index is -0.387. The van der Waals surface area contributed by atoms with Crippen molar-refractivity contribution in [1.29, 1.82) is 5.26 Å². The number of rotatable bonds is 1. The summed E-state index contributed by atoms with van der Waals surface area (Å²) in [6, 6.07) is 8.06. The summed E-state index contributed by atoms with van der Waals surface area (Å²) in [7, 11) is 0. The SMILES string of the molecule is N#Cc1ccc(N2C(=O)NCC3(CC3)C2=O)cc1. The molecule has 18 heavy (non-hydrogen) atoms. The van der Waals surface area contributed by atoms with Crippen LogP contribution in [0.4, 0.5) is 10.5 Å². The highest BCUT2D eigenvalue weighted by Gasteiger charge is 2.56. The number of imide groups is 1. The van der Waals surface area contributed by atoms with Crippen molar-refractivity contribution in [1.82, 2.24) is 5.32 Å². The van der Waals surface area contributed by atoms with Gasteiger partial charge in [0.15, 0.2) is 0 Å². The largest absolute Gasteiger partial charge is 0.336 e. The van der Waals surface area contributed by atoms with Crippen molar-refractivity contribution in [3.05, 3.63) is 29.8 Å². The van der Waals surface area contributed by atoms with Crippen molar-refractivity contribution in [2.24, 2.45) is 5.41 Å². The van der Waals surface area contributed by atoms with Gasteiger partial charge in [-0.25, -0.2) is 9.69 Å². The van der Waals surface area contributed by atoms with E-state index in [-0.39, 0.29) is 17.4 Å². The maximum atomic E-state index is 12.3. The van der Waals surface area contributed by atoms with Crippen LogP contribution >= 0.6 is 0 Å². The van der Waals surface area contributed by atoms with E-state index in [1.54, 1.807) is 24.3 Å². The standard InChI is InChI=1S/C13H11N3O2/c14-7-9-1-3-10(4-2-9)16-11(17)13(5-6-13)8-15-12(16)18/h1-4H,5-6,8H2,(H,15,18). The third-order valence-corrected chi connectivity index (χ3v) is 3.55. The van der Waals surface area contributed by atoms with Gasteiger partial charge in [0.05, 0.1) is 22.7 Å². The minimum Gasteiger partial charge on any atom is -0.336 e. The molecule has 1 saturated carbocycles. The summed E-state index contributed by atoms with van der Waals surface area (Å²) in [4.78, 5) is 25.3. The van der Waals surface area contributed by atoms with Crippen LogP contribution in [0.3, 0.4) is 0 Å². The minimum absolute atomic E-state index is 0.129. The Balaban J connectivity index is 1.95. The molecule has 1 aromatic rings. The van der Waals surface area contributed by atoms with E-state index in [1.807, 2.05) is 6.07 Å². The van der Waals surface area contributed by atoms with Gasteiger partial charge in [0.1, 0.15) is 0 Å². The Morgan fingerprint density at radius 1 is 1.22 bits per heavy atom. The molecule has 1 heterocycles. The highest BCUT2D eigenvalue weighted by atomic mass is 16.2. The van der Waals surface area contributed by atoms with Gasteiger partial charge in [-0.3, -0.25) is 4.79 Å². The van der Waals surface area contributed by atoms with Crippen molar-refractivity contribution in [3.8, 4) is 6.07 Å². The monoisotopic (exact) mass is 241 g/mol. The molecule has 0 aromatic heterocycles. The predicted molar refractivity (Wildman–Crippen MR) is 63.7 cm³/mol. The average Bonchev–Trinajstić information content (AvgIpc) is 3.17. The third kappa shape index (κ3) is 1.46. The second kappa shape index (κ2) is 3.57. The summed E-state index contributed by atoms with van der Waals surface area (Å²) in [6.45, 7) is 0.442. The zero-order chi connectivity index (χ0) is 12.8. The summed E-state index contributed by atoms with van der Waals surface area (Å²) in [5.41, 5.74) is 0.647. The van der Waals surface area contributed by atoms with E-state index in [9.17, 15) is 9.59 Å². The molecular weight excluding hydrogens is 230 g/mol. The lowest BCUT2D eigenvalue weighted by Gasteiger charge is -2.31. The summed E-state index contributed by atoms with van der Waals surface area (Å²) >= 11 is 0. The van der Waals surface area contributed by atoms with Gasteiger partial charge in [-0.05, 0) is 37.1 Å². The van der Waals surface area contributed by atoms with E-state index in [4.69, 9.17) is 5.26 Å². The maximum absolute atomic E-state index is 12.3. The fourth-order valence-electron chi connectivity index (χ4n) is 2.19. The lowest BCUT2D eigenvalue weighted by atomic mass is 10.0. The van der Waals surface area contributed by atoms with Crippen LogP contribution in [-0.4, -0.2) is 18.5 Å². The number of nitrogens with one attached hydrogen (secondary N) is 1. The van der Waals surface area contributed by atoms with Gasteiger partial charge in [0.2, 0.25) is 5.91 Å². The van der Waals surface area contributed by atoms with Crippen LogP contribution in [0, 0.1) is 16.7 Å². The van der Waals surface area contributed by atoms with E-state index in [0.717, 1.165) is 12.8 Å². The van der Waals surface area contributed by atoms with Crippen molar-refractivity contribution in [2.75, 3.05) is 11.4 Å². The number of carbonyl (C=O) groups is 2. The summed E-state index contributed by atoms with van der Waals surface area (Å²) < 4.78 is 0. The van der Waals surface area contributed by atoms with E-state index < -0.39 is 0 Å². The maximum Gasteiger partial charge on any atom is 0.328 e. The number of carbonyl (C=O) groups excluding carboxylic acids is 2. The highest BCUT2D eigenvalue weighted by Crippen LogP contribution is 2.48. The third-order valence-electron chi connectivity index (χ3n) is 3.55. The Bertz CT molecular complexity index is 567. The Morgan fingerprint density at radius 2 is 1.89 bits per heavy atom. The number of anilines is 1. The van der Waals surface area contributed by atoms with Crippen molar-refractivity contribution in [2.45, 2.75) is 12.8 Å². The molecule has 1 aliphatic carbocycles. The lowest BCUT2D eigenvalue weighted by molar-refractivity contribution is -0.123. The molecule has 3 amide bonds. The lowest BCUT2D eigenvalue weighted by Crippen LogP contribution is -2.56. The first-order chi connectivity index (χ1) is 8.66. The molecule has 2 fully saturated rings. The normalized spacial score (nSPS) is 20.5. The molecule has 2 aliphatic rings. The molecule has 1 saturated heterocycles. The topological polar surface area (TPSA) is 73.2 Å². The van der Waals surface area contributed by atoms with Crippen LogP contribution in [0.5, 0.6) is 0 Å². The van der Waals surface area contributed by atoms with Crippen LogP contribution < -0.4 is 10.2 Å². The molecule has 1 aliphatic heterocycles. The zero-order valence-electron chi connectivity index (χ0n) is 9.64. The van der Waals surface area contributed by atoms with Crippen molar-refractivity contribution >= 4 is 17.6 Å². The fraction of sp³-hybridized carbons (Fsp3) is 0.308. The van der Waals surface area contributed by atoms with Crippen LogP contribution in [0.1, 0.15) is 18.4 Å². The Hall–Kier alpha value is -2.35. The molecule has 0 atom stereocenters. The zero-order valence-corrected chi connectivity index (χ0v) is 9.64. The summed E-state index contributed by atoms with van der Waals surface area (Å²) in [5.74, 6) is -0.129. The van der Waals surface area contributed by atoms with Gasteiger partial charge in [-0.2, -0.15) is 5.26 Å². The van der Waals surface area contributed by atoms with Crippen LogP contribution in [0.15, 0.2) is 24.3 Å². The number of hydrogen-bond acceptors (Lipinski definition) is 3. The Kier molecular flexibility index (Phi) is 2.14. The quantitative estimate of drug-likeness (QED) is 0.807. The molecular formula is C13H11N3O2. The van der Waals surface area contributed by atoms with E-state index in [0.29, 0.717) is 17.8 Å². The molecule has 90 valence electrons. The second-order valence-electron chi connectivity index (χ2n) is 4.74. The predicted octanol–water partition coefficient (Wildman–Crippen LogP) is 1.39. The first kappa shape index (κ1) is 10.8. The average molecular weight is 241 g/mol. The summed E-state index contributed by atoms with van der Waals surface area (Å²) in [5, 5.41) is 11.5. The van der Waals surface area contributed by atoms with Gasteiger partial charge in [-0.15, -0.1) is 0 Å². The number of urea groups is 1. The molecule has 5 heteroatoms. The molecule has 3 rings (SSSR count). The van der Waals surface area contributed by atoms with E-state index in [2.05, 4.69) is 5.32 Å².